The van der Waals surface area contributed by atoms with E-state index in [9.17, 15) is 0 Å². The first-order chi connectivity index (χ1) is 8.22. The summed E-state index contributed by atoms with van der Waals surface area (Å²) in [5.74, 6) is 0. The van der Waals surface area contributed by atoms with Crippen LogP contribution in [0.15, 0.2) is 18.2 Å². The molecule has 2 nitrogen and oxygen atoms in total. The fourth-order valence-electron chi connectivity index (χ4n) is 2.68. The molecule has 1 aliphatic rings. The molecule has 0 amide bonds. The Kier molecular flexibility index (Phi) is 9.04. The number of benzene rings is 1. The van der Waals surface area contributed by atoms with Gasteiger partial charge in [0.15, 0.2) is 0 Å². The molecule has 1 atom stereocenters. The van der Waals surface area contributed by atoms with Crippen molar-refractivity contribution in [2.24, 2.45) is 0 Å². The van der Waals surface area contributed by atoms with E-state index in [0.717, 1.165) is 37.6 Å². The Morgan fingerprint density at radius 1 is 1.26 bits per heavy atom. The summed E-state index contributed by atoms with van der Waals surface area (Å²) in [5, 5.41) is 4.24. The van der Waals surface area contributed by atoms with Gasteiger partial charge in [0, 0.05) is 37.2 Å². The predicted octanol–water partition coefficient (Wildman–Crippen LogP) is 3.85. The van der Waals surface area contributed by atoms with Crippen LogP contribution >= 0.6 is 36.4 Å². The third-order valence-electron chi connectivity index (χ3n) is 3.57. The van der Waals surface area contributed by atoms with Gasteiger partial charge in [0.25, 0.3) is 0 Å². The second-order valence-electron chi connectivity index (χ2n) is 4.71. The number of halogens is 3. The molecule has 0 aromatic heterocycles. The molecule has 19 heavy (non-hydrogen) atoms. The number of hydrogen-bond acceptors (Lipinski definition) is 2. The number of rotatable bonds is 3. The van der Waals surface area contributed by atoms with Crippen LogP contribution in [0, 0.1) is 6.92 Å². The van der Waals surface area contributed by atoms with E-state index in [-0.39, 0.29) is 24.8 Å². The van der Waals surface area contributed by atoms with Gasteiger partial charge in [-0.15, -0.1) is 24.8 Å². The maximum Gasteiger partial charge on any atom is 0.0408 e. The Morgan fingerprint density at radius 3 is 2.42 bits per heavy atom. The highest BCUT2D eigenvalue weighted by Gasteiger charge is 2.21. The molecule has 1 heterocycles. The monoisotopic (exact) mass is 324 g/mol. The number of nitrogens with one attached hydrogen (secondary N) is 1. The summed E-state index contributed by atoms with van der Waals surface area (Å²) in [6.07, 6.45) is 1.16. The molecule has 1 aromatic carbocycles. The van der Waals surface area contributed by atoms with Crippen LogP contribution in [0.5, 0.6) is 0 Å². The molecule has 2 rings (SSSR count). The lowest BCUT2D eigenvalue weighted by Crippen LogP contribution is -2.45. The minimum atomic E-state index is 0. The van der Waals surface area contributed by atoms with Crippen molar-refractivity contribution in [1.82, 2.24) is 10.2 Å². The Bertz CT molecular complexity index is 379. The summed E-state index contributed by atoms with van der Waals surface area (Å²) in [5.41, 5.74) is 2.74. The van der Waals surface area contributed by atoms with E-state index in [1.165, 1.54) is 11.1 Å². The summed E-state index contributed by atoms with van der Waals surface area (Å²) < 4.78 is 0. The van der Waals surface area contributed by atoms with Crippen LogP contribution in [0.4, 0.5) is 0 Å². The molecule has 0 spiro atoms. The number of piperazine rings is 1. The van der Waals surface area contributed by atoms with E-state index in [4.69, 9.17) is 11.6 Å². The van der Waals surface area contributed by atoms with Crippen LogP contribution < -0.4 is 5.32 Å². The third-order valence-corrected chi connectivity index (χ3v) is 3.81. The molecule has 1 saturated heterocycles. The second kappa shape index (κ2) is 9.04. The Morgan fingerprint density at radius 2 is 1.89 bits per heavy atom. The van der Waals surface area contributed by atoms with Gasteiger partial charge in [-0.05, 0) is 36.6 Å². The van der Waals surface area contributed by atoms with Gasteiger partial charge < -0.3 is 5.32 Å². The molecule has 5 heteroatoms. The fraction of sp³-hybridized carbons (Fsp3) is 0.571. The molecule has 110 valence electrons. The molecule has 0 unspecified atom stereocenters. The quantitative estimate of drug-likeness (QED) is 0.908. The van der Waals surface area contributed by atoms with Gasteiger partial charge >= 0.3 is 0 Å². The van der Waals surface area contributed by atoms with Crippen molar-refractivity contribution in [2.75, 3.05) is 26.2 Å². The normalized spacial score (nSPS) is 17.2. The molecule has 0 aliphatic carbocycles. The van der Waals surface area contributed by atoms with E-state index in [0.29, 0.717) is 6.04 Å². The van der Waals surface area contributed by atoms with E-state index in [1.807, 2.05) is 6.07 Å². The second-order valence-corrected chi connectivity index (χ2v) is 5.15. The summed E-state index contributed by atoms with van der Waals surface area (Å²) >= 11 is 6.03. The largest absolute Gasteiger partial charge is 0.314 e. The van der Waals surface area contributed by atoms with Crippen molar-refractivity contribution in [1.29, 1.82) is 0 Å². The van der Waals surface area contributed by atoms with Crippen molar-refractivity contribution < 1.29 is 0 Å². The van der Waals surface area contributed by atoms with Crippen LogP contribution in [-0.4, -0.2) is 31.1 Å². The summed E-state index contributed by atoms with van der Waals surface area (Å²) in [6.45, 7) is 8.90. The Hall–Kier alpha value is 0.01000. The lowest BCUT2D eigenvalue weighted by Gasteiger charge is -2.35. The smallest absolute Gasteiger partial charge is 0.0408 e. The topological polar surface area (TPSA) is 15.3 Å². The summed E-state index contributed by atoms with van der Waals surface area (Å²) in [7, 11) is 0. The molecule has 1 aliphatic heterocycles. The fourth-order valence-corrected chi connectivity index (χ4v) is 2.91. The van der Waals surface area contributed by atoms with Crippen LogP contribution in [0.1, 0.15) is 30.5 Å². The molecule has 1 N–H and O–H groups in total. The summed E-state index contributed by atoms with van der Waals surface area (Å²) in [6, 6.07) is 6.80. The molecular formula is C14H23Cl3N2. The van der Waals surface area contributed by atoms with Crippen LogP contribution in [-0.2, 0) is 0 Å². The lowest BCUT2D eigenvalue weighted by atomic mass is 9.97. The minimum absolute atomic E-state index is 0. The number of hydrogen-bond donors (Lipinski definition) is 1. The molecule has 1 aromatic rings. The van der Waals surface area contributed by atoms with Crippen molar-refractivity contribution in [3.63, 3.8) is 0 Å². The van der Waals surface area contributed by atoms with Gasteiger partial charge in [-0.2, -0.15) is 0 Å². The Balaban J connectivity index is 0.00000162. The van der Waals surface area contributed by atoms with Crippen molar-refractivity contribution >= 4 is 36.4 Å². The molecule has 0 radical (unpaired) electrons. The van der Waals surface area contributed by atoms with Gasteiger partial charge in [0.05, 0.1) is 0 Å². The SMILES string of the molecule is CC[C@@H](c1ccc(Cl)cc1C)N1CCNCC1.Cl.Cl. The van der Waals surface area contributed by atoms with Crippen LogP contribution in [0.3, 0.4) is 0 Å². The van der Waals surface area contributed by atoms with E-state index in [2.05, 4.69) is 36.2 Å². The zero-order valence-electron chi connectivity index (χ0n) is 11.5. The molecule has 0 saturated carbocycles. The average molecular weight is 326 g/mol. The Labute approximate surface area is 133 Å². The maximum absolute atomic E-state index is 6.03. The van der Waals surface area contributed by atoms with Crippen molar-refractivity contribution in [3.05, 3.63) is 34.3 Å². The van der Waals surface area contributed by atoms with Gasteiger partial charge in [0.2, 0.25) is 0 Å². The number of aryl methyl sites for hydroxylation is 1. The molecular weight excluding hydrogens is 303 g/mol. The summed E-state index contributed by atoms with van der Waals surface area (Å²) in [4.78, 5) is 2.58. The maximum atomic E-state index is 6.03. The van der Waals surface area contributed by atoms with Crippen molar-refractivity contribution in [2.45, 2.75) is 26.3 Å². The van der Waals surface area contributed by atoms with Crippen LogP contribution in [0.25, 0.3) is 0 Å². The first kappa shape index (κ1) is 19.0. The first-order valence-corrected chi connectivity index (χ1v) is 6.81. The highest BCUT2D eigenvalue weighted by Crippen LogP contribution is 2.28. The molecule has 0 bridgehead atoms. The van der Waals surface area contributed by atoms with E-state index < -0.39 is 0 Å². The molecule has 1 fully saturated rings. The highest BCUT2D eigenvalue weighted by molar-refractivity contribution is 6.30. The van der Waals surface area contributed by atoms with Gasteiger partial charge in [-0.3, -0.25) is 4.90 Å². The first-order valence-electron chi connectivity index (χ1n) is 6.43. The van der Waals surface area contributed by atoms with Crippen LogP contribution in [0.2, 0.25) is 5.02 Å². The third kappa shape index (κ3) is 4.80. The van der Waals surface area contributed by atoms with E-state index >= 15 is 0 Å². The predicted molar refractivity (Wildman–Crippen MR) is 88.2 cm³/mol. The zero-order chi connectivity index (χ0) is 12.3. The van der Waals surface area contributed by atoms with Gasteiger partial charge in [-0.1, -0.05) is 24.6 Å². The average Bonchev–Trinajstić information content (AvgIpc) is 2.34. The van der Waals surface area contributed by atoms with Gasteiger partial charge in [0.1, 0.15) is 0 Å². The zero-order valence-corrected chi connectivity index (χ0v) is 13.9. The number of nitrogens with zero attached hydrogens (tertiary/aromatic N) is 1. The van der Waals surface area contributed by atoms with Gasteiger partial charge in [-0.25, -0.2) is 0 Å². The highest BCUT2D eigenvalue weighted by atomic mass is 35.5. The lowest BCUT2D eigenvalue weighted by molar-refractivity contribution is 0.169. The standard InChI is InChI=1S/C14H21ClN2.2ClH/c1-3-14(17-8-6-16-7-9-17)13-5-4-12(15)10-11(13)2;;/h4-5,10,14,16H,3,6-9H2,1-2H3;2*1H/t14-;;/m0../s1. The minimum Gasteiger partial charge on any atom is -0.314 e. The van der Waals surface area contributed by atoms with Crippen molar-refractivity contribution in [3.8, 4) is 0 Å². The van der Waals surface area contributed by atoms with E-state index in [1.54, 1.807) is 0 Å².